The van der Waals surface area contributed by atoms with Crippen molar-refractivity contribution in [3.8, 4) is 0 Å². The van der Waals surface area contributed by atoms with Crippen molar-refractivity contribution in [2.45, 2.75) is 19.9 Å². The van der Waals surface area contributed by atoms with Gasteiger partial charge in [-0.3, -0.25) is 14.8 Å². The van der Waals surface area contributed by atoms with Crippen LogP contribution in [0.5, 0.6) is 0 Å². The molecule has 0 bridgehead atoms. The van der Waals surface area contributed by atoms with E-state index in [-0.39, 0.29) is 11.9 Å². The van der Waals surface area contributed by atoms with Crippen LogP contribution in [0.15, 0.2) is 10.7 Å². The van der Waals surface area contributed by atoms with Crippen LogP contribution in [0, 0.1) is 13.8 Å². The number of hydrogen-bond acceptors (Lipinski definition) is 6. The number of piperazine rings is 1. The zero-order valence-corrected chi connectivity index (χ0v) is 12.3. The molecule has 8 heteroatoms. The molecule has 1 N–H and O–H groups in total. The van der Waals surface area contributed by atoms with Crippen LogP contribution >= 0.6 is 0 Å². The fourth-order valence-corrected chi connectivity index (χ4v) is 2.51. The van der Waals surface area contributed by atoms with Crippen molar-refractivity contribution in [3.05, 3.63) is 29.2 Å². The fourth-order valence-electron chi connectivity index (χ4n) is 2.51. The van der Waals surface area contributed by atoms with Crippen molar-refractivity contribution in [2.75, 3.05) is 26.7 Å². The Morgan fingerprint density at radius 3 is 2.86 bits per heavy atom. The summed E-state index contributed by atoms with van der Waals surface area (Å²) >= 11 is 0. The molecule has 8 nitrogen and oxygen atoms in total. The number of nitrogens with zero attached hydrogens (tertiary/aromatic N) is 5. The van der Waals surface area contributed by atoms with Crippen LogP contribution in [0.2, 0.25) is 0 Å². The minimum absolute atomic E-state index is 0.0180. The van der Waals surface area contributed by atoms with E-state index in [9.17, 15) is 4.79 Å². The van der Waals surface area contributed by atoms with Gasteiger partial charge in [-0.1, -0.05) is 5.16 Å². The predicted molar refractivity (Wildman–Crippen MR) is 73.6 cm³/mol. The molecule has 1 unspecified atom stereocenters. The summed E-state index contributed by atoms with van der Waals surface area (Å²) in [6.45, 7) is 5.59. The van der Waals surface area contributed by atoms with Gasteiger partial charge in [-0.25, -0.2) is 0 Å². The lowest BCUT2D eigenvalue weighted by molar-refractivity contribution is 0.0488. The van der Waals surface area contributed by atoms with Gasteiger partial charge in [-0.15, -0.1) is 0 Å². The number of rotatable bonds is 2. The topological polar surface area (TPSA) is 91.2 Å². The number of amides is 1. The predicted octanol–water partition coefficient (Wildman–Crippen LogP) is 0.538. The normalized spacial score (nSPS) is 20.0. The van der Waals surface area contributed by atoms with Crippen molar-refractivity contribution in [1.29, 1.82) is 0 Å². The highest BCUT2D eigenvalue weighted by atomic mass is 16.5. The Balaban J connectivity index is 1.80. The summed E-state index contributed by atoms with van der Waals surface area (Å²) in [6, 6.07) is -0.0730. The van der Waals surface area contributed by atoms with E-state index in [1.807, 2.05) is 18.9 Å². The Kier molecular flexibility index (Phi) is 3.46. The van der Waals surface area contributed by atoms with Crippen molar-refractivity contribution in [2.24, 2.45) is 0 Å². The van der Waals surface area contributed by atoms with Crippen molar-refractivity contribution < 1.29 is 9.32 Å². The molecule has 1 fully saturated rings. The van der Waals surface area contributed by atoms with E-state index in [0.717, 1.165) is 12.2 Å². The van der Waals surface area contributed by atoms with Crippen molar-refractivity contribution in [1.82, 2.24) is 30.1 Å². The Bertz CT molecular complexity index is 649. The Morgan fingerprint density at radius 2 is 2.24 bits per heavy atom. The minimum atomic E-state index is -0.0730. The third-order valence-corrected chi connectivity index (χ3v) is 3.82. The van der Waals surface area contributed by atoms with Crippen molar-refractivity contribution in [3.63, 3.8) is 0 Å². The maximum Gasteiger partial charge on any atom is 0.257 e. The summed E-state index contributed by atoms with van der Waals surface area (Å²) in [4.78, 5) is 20.8. The lowest BCUT2D eigenvalue weighted by Crippen LogP contribution is -2.49. The molecule has 3 rings (SSSR count). The first kappa shape index (κ1) is 13.7. The first-order valence-electron chi connectivity index (χ1n) is 6.86. The second-order valence-corrected chi connectivity index (χ2v) is 5.34. The first-order chi connectivity index (χ1) is 10.1. The molecular formula is C13H18N6O2. The number of carbonyl (C=O) groups excluding carboxylic acids is 1. The smallest absolute Gasteiger partial charge is 0.257 e. The summed E-state index contributed by atoms with van der Waals surface area (Å²) in [5, 5.41) is 10.5. The lowest BCUT2D eigenvalue weighted by atomic mass is 10.1. The number of carbonyl (C=O) groups is 1. The van der Waals surface area contributed by atoms with E-state index in [2.05, 4.69) is 25.2 Å². The molecule has 0 aliphatic carbocycles. The monoisotopic (exact) mass is 290 g/mol. The average molecular weight is 290 g/mol. The minimum Gasteiger partial charge on any atom is -0.338 e. The lowest BCUT2D eigenvalue weighted by Gasteiger charge is -2.37. The highest BCUT2D eigenvalue weighted by Crippen LogP contribution is 2.24. The number of nitrogens with one attached hydrogen (secondary N) is 1. The van der Waals surface area contributed by atoms with Gasteiger partial charge in [0.25, 0.3) is 5.91 Å². The third-order valence-electron chi connectivity index (χ3n) is 3.82. The van der Waals surface area contributed by atoms with E-state index < -0.39 is 0 Å². The summed E-state index contributed by atoms with van der Waals surface area (Å²) in [7, 11) is 2.00. The molecule has 0 saturated carbocycles. The van der Waals surface area contributed by atoms with Crippen LogP contribution in [0.3, 0.4) is 0 Å². The Labute approximate surface area is 122 Å². The third kappa shape index (κ3) is 2.54. The molecule has 3 heterocycles. The highest BCUT2D eigenvalue weighted by molar-refractivity contribution is 5.95. The van der Waals surface area contributed by atoms with Crippen LogP contribution in [0.1, 0.15) is 33.8 Å². The van der Waals surface area contributed by atoms with Crippen molar-refractivity contribution >= 4 is 5.91 Å². The zero-order valence-electron chi connectivity index (χ0n) is 12.3. The maximum atomic E-state index is 12.6. The van der Waals surface area contributed by atoms with Gasteiger partial charge in [-0.2, -0.15) is 10.1 Å². The summed E-state index contributed by atoms with van der Waals surface area (Å²) in [6.07, 6.45) is 1.57. The SMILES string of the molecule is Cc1noc(C2CN(C(=O)c3cn[nH]c3C)CCN2C)n1. The van der Waals surface area contributed by atoms with Crippen LogP contribution in [0.25, 0.3) is 0 Å². The van der Waals surface area contributed by atoms with Gasteiger partial charge in [0.05, 0.1) is 11.8 Å². The maximum absolute atomic E-state index is 12.6. The quantitative estimate of drug-likeness (QED) is 0.868. The molecule has 0 aromatic carbocycles. The van der Waals surface area contributed by atoms with Crippen LogP contribution in [-0.4, -0.2) is 62.7 Å². The van der Waals surface area contributed by atoms with Gasteiger partial charge in [0.1, 0.15) is 6.04 Å². The molecule has 0 radical (unpaired) electrons. The van der Waals surface area contributed by atoms with Crippen LogP contribution in [-0.2, 0) is 0 Å². The first-order valence-corrected chi connectivity index (χ1v) is 6.86. The standard InChI is InChI=1S/C13H18N6O2/c1-8-10(6-14-16-8)13(20)19-5-4-18(3)11(7-19)12-15-9(2)17-21-12/h6,11H,4-5,7H2,1-3H3,(H,14,16). The largest absolute Gasteiger partial charge is 0.338 e. The average Bonchev–Trinajstić information content (AvgIpc) is 3.07. The summed E-state index contributed by atoms with van der Waals surface area (Å²) in [5.41, 5.74) is 1.39. The molecule has 21 heavy (non-hydrogen) atoms. The molecule has 2 aromatic rings. The van der Waals surface area contributed by atoms with E-state index in [1.165, 1.54) is 0 Å². The number of aromatic nitrogens is 4. The second-order valence-electron chi connectivity index (χ2n) is 5.34. The highest BCUT2D eigenvalue weighted by Gasteiger charge is 2.33. The van der Waals surface area contributed by atoms with Crippen LogP contribution < -0.4 is 0 Å². The number of likely N-dealkylation sites (N-methyl/N-ethyl adjacent to an activating group) is 1. The Morgan fingerprint density at radius 1 is 1.43 bits per heavy atom. The van der Waals surface area contributed by atoms with Crippen LogP contribution in [0.4, 0.5) is 0 Å². The van der Waals surface area contributed by atoms with Gasteiger partial charge in [0, 0.05) is 25.3 Å². The molecule has 0 spiro atoms. The Hall–Kier alpha value is -2.22. The van der Waals surface area contributed by atoms with Gasteiger partial charge < -0.3 is 9.42 Å². The molecule has 112 valence electrons. The molecular weight excluding hydrogens is 272 g/mol. The second kappa shape index (κ2) is 5.28. The fraction of sp³-hybridized carbons (Fsp3) is 0.538. The van der Waals surface area contributed by atoms with Gasteiger partial charge in [0.15, 0.2) is 5.82 Å². The molecule has 1 aliphatic heterocycles. The molecule has 1 saturated heterocycles. The summed E-state index contributed by atoms with van der Waals surface area (Å²) in [5.74, 6) is 1.14. The number of aromatic amines is 1. The molecule has 1 atom stereocenters. The number of aryl methyl sites for hydroxylation is 2. The van der Waals surface area contributed by atoms with E-state index in [0.29, 0.717) is 30.4 Å². The number of hydrogen-bond donors (Lipinski definition) is 1. The van der Waals surface area contributed by atoms with E-state index in [4.69, 9.17) is 4.52 Å². The zero-order chi connectivity index (χ0) is 15.0. The molecule has 1 amide bonds. The van der Waals surface area contributed by atoms with Gasteiger partial charge >= 0.3 is 0 Å². The van der Waals surface area contributed by atoms with Gasteiger partial charge in [0.2, 0.25) is 5.89 Å². The molecule has 1 aliphatic rings. The summed E-state index contributed by atoms with van der Waals surface area (Å²) < 4.78 is 5.26. The number of H-pyrrole nitrogens is 1. The van der Waals surface area contributed by atoms with E-state index in [1.54, 1.807) is 13.1 Å². The van der Waals surface area contributed by atoms with Gasteiger partial charge in [-0.05, 0) is 20.9 Å². The molecule has 2 aromatic heterocycles. The van der Waals surface area contributed by atoms with E-state index >= 15 is 0 Å².